The third-order valence-corrected chi connectivity index (χ3v) is 5.01. The van der Waals surface area contributed by atoms with Crippen molar-refractivity contribution in [2.45, 2.75) is 25.1 Å². The van der Waals surface area contributed by atoms with Gasteiger partial charge in [-0.1, -0.05) is 6.07 Å². The minimum atomic E-state index is -4.42. The molecule has 29 heavy (non-hydrogen) atoms. The molecular weight excluding hydrogens is 385 g/mol. The van der Waals surface area contributed by atoms with Crippen molar-refractivity contribution in [2.75, 3.05) is 32.6 Å². The Kier molecular flexibility index (Phi) is 6.20. The molecule has 1 unspecified atom stereocenters. The van der Waals surface area contributed by atoms with E-state index in [1.807, 2.05) is 12.1 Å². The van der Waals surface area contributed by atoms with Gasteiger partial charge in [-0.15, -0.1) is 0 Å². The fourth-order valence-corrected chi connectivity index (χ4v) is 3.57. The number of amides is 1. The van der Waals surface area contributed by atoms with Crippen LogP contribution in [0.4, 0.5) is 18.9 Å². The van der Waals surface area contributed by atoms with Crippen molar-refractivity contribution in [3.8, 4) is 11.5 Å². The predicted octanol–water partition coefficient (Wildman–Crippen LogP) is 4.50. The van der Waals surface area contributed by atoms with Crippen LogP contribution in [0.15, 0.2) is 42.5 Å². The Morgan fingerprint density at radius 1 is 1.17 bits per heavy atom. The molecule has 0 saturated carbocycles. The van der Waals surface area contributed by atoms with Gasteiger partial charge < -0.3 is 19.7 Å². The Bertz CT molecular complexity index is 870. The lowest BCUT2D eigenvalue weighted by molar-refractivity contribution is -0.137. The van der Waals surface area contributed by atoms with Gasteiger partial charge in [0.2, 0.25) is 5.91 Å². The number of rotatable bonds is 6. The number of nitrogens with zero attached hydrogens (tertiary/aromatic N) is 1. The second-order valence-electron chi connectivity index (χ2n) is 6.79. The van der Waals surface area contributed by atoms with Gasteiger partial charge in [-0.25, -0.2) is 0 Å². The predicted molar refractivity (Wildman–Crippen MR) is 103 cm³/mol. The van der Waals surface area contributed by atoms with Crippen LogP contribution in [0.5, 0.6) is 11.5 Å². The van der Waals surface area contributed by atoms with E-state index >= 15 is 0 Å². The first-order valence-electron chi connectivity index (χ1n) is 9.26. The summed E-state index contributed by atoms with van der Waals surface area (Å²) in [5, 5.41) is 2.81. The number of anilines is 1. The number of ether oxygens (including phenoxy) is 2. The average Bonchev–Trinajstić information content (AvgIpc) is 3.20. The maximum atomic E-state index is 12.9. The summed E-state index contributed by atoms with van der Waals surface area (Å²) >= 11 is 0. The number of halogens is 3. The summed E-state index contributed by atoms with van der Waals surface area (Å²) in [6, 6.07) is 10.2. The Labute approximate surface area is 167 Å². The number of benzene rings is 2. The second kappa shape index (κ2) is 8.63. The number of nitrogens with one attached hydrogen (secondary N) is 1. The molecule has 5 nitrogen and oxygen atoms in total. The normalized spacial score (nSPS) is 16.6. The fourth-order valence-electron chi connectivity index (χ4n) is 3.57. The van der Waals surface area contributed by atoms with Crippen LogP contribution in [0.2, 0.25) is 0 Å². The number of likely N-dealkylation sites (tertiary alicyclic amines) is 1. The first-order chi connectivity index (χ1) is 13.8. The maximum Gasteiger partial charge on any atom is 0.416 e. The van der Waals surface area contributed by atoms with Gasteiger partial charge in [0.1, 0.15) is 11.5 Å². The van der Waals surface area contributed by atoms with Gasteiger partial charge in [-0.3, -0.25) is 4.79 Å². The molecular formula is C21H23F3N2O3. The molecule has 1 N–H and O–H groups in total. The highest BCUT2D eigenvalue weighted by Gasteiger charge is 2.32. The Balaban J connectivity index is 1.71. The number of methoxy groups -OCH3 is 2. The Hall–Kier alpha value is -2.90. The third kappa shape index (κ3) is 4.75. The van der Waals surface area contributed by atoms with Crippen molar-refractivity contribution >= 4 is 11.6 Å². The van der Waals surface area contributed by atoms with Crippen LogP contribution in [-0.2, 0) is 11.0 Å². The first kappa shape index (κ1) is 20.8. The zero-order chi connectivity index (χ0) is 21.0. The standard InChI is InChI=1S/C21H23F3N2O3/c1-28-16-8-9-17(19(12-16)29-2)18-7-4-10-26(18)20(27)13-25-15-6-3-5-14(11-15)21(22,23)24/h3,5-6,8-9,11-12,18,25H,4,7,10,13H2,1-2H3. The summed E-state index contributed by atoms with van der Waals surface area (Å²) in [7, 11) is 3.13. The van der Waals surface area contributed by atoms with Crippen LogP contribution in [0.3, 0.4) is 0 Å². The van der Waals surface area contributed by atoms with Gasteiger partial charge in [0.05, 0.1) is 32.4 Å². The summed E-state index contributed by atoms with van der Waals surface area (Å²) in [6.07, 6.45) is -2.79. The summed E-state index contributed by atoms with van der Waals surface area (Å²) in [5.74, 6) is 1.12. The number of hydrogen-bond donors (Lipinski definition) is 1. The number of carbonyl (C=O) groups excluding carboxylic acids is 1. The third-order valence-electron chi connectivity index (χ3n) is 5.01. The van der Waals surface area contributed by atoms with E-state index in [2.05, 4.69) is 5.32 Å². The van der Waals surface area contributed by atoms with Gasteiger partial charge in [0.15, 0.2) is 0 Å². The molecule has 0 bridgehead atoms. The van der Waals surface area contributed by atoms with E-state index in [1.54, 1.807) is 25.2 Å². The van der Waals surface area contributed by atoms with Gasteiger partial charge in [0, 0.05) is 23.9 Å². The lowest BCUT2D eigenvalue weighted by Gasteiger charge is -2.27. The summed E-state index contributed by atoms with van der Waals surface area (Å²) in [5.41, 5.74) is 0.390. The van der Waals surface area contributed by atoms with Crippen LogP contribution in [0, 0.1) is 0 Å². The van der Waals surface area contributed by atoms with Gasteiger partial charge in [-0.05, 0) is 43.2 Å². The van der Waals surface area contributed by atoms with Crippen molar-refractivity contribution in [1.82, 2.24) is 4.90 Å². The molecule has 3 rings (SSSR count). The van der Waals surface area contributed by atoms with Gasteiger partial charge in [0.25, 0.3) is 0 Å². The van der Waals surface area contributed by atoms with E-state index in [0.717, 1.165) is 30.5 Å². The van der Waals surface area contributed by atoms with E-state index in [0.29, 0.717) is 18.0 Å². The lowest BCUT2D eigenvalue weighted by Crippen LogP contribution is -2.35. The van der Waals surface area contributed by atoms with Gasteiger partial charge >= 0.3 is 6.18 Å². The minimum Gasteiger partial charge on any atom is -0.497 e. The maximum absolute atomic E-state index is 12.9. The van der Waals surface area contributed by atoms with Gasteiger partial charge in [-0.2, -0.15) is 13.2 Å². The van der Waals surface area contributed by atoms with E-state index in [9.17, 15) is 18.0 Å². The van der Waals surface area contributed by atoms with Crippen molar-refractivity contribution in [3.63, 3.8) is 0 Å². The zero-order valence-corrected chi connectivity index (χ0v) is 16.3. The van der Waals surface area contributed by atoms with Crippen LogP contribution >= 0.6 is 0 Å². The monoisotopic (exact) mass is 408 g/mol. The number of carbonyl (C=O) groups is 1. The van der Waals surface area contributed by atoms with Crippen molar-refractivity contribution in [2.24, 2.45) is 0 Å². The molecule has 2 aromatic carbocycles. The zero-order valence-electron chi connectivity index (χ0n) is 16.3. The van der Waals surface area contributed by atoms with Crippen LogP contribution in [0.1, 0.15) is 30.0 Å². The Morgan fingerprint density at radius 2 is 1.97 bits per heavy atom. The molecule has 2 aromatic rings. The van der Waals surface area contributed by atoms with Crippen molar-refractivity contribution < 1.29 is 27.4 Å². The lowest BCUT2D eigenvalue weighted by atomic mass is 10.0. The summed E-state index contributed by atoms with van der Waals surface area (Å²) < 4.78 is 49.2. The van der Waals surface area contributed by atoms with E-state index in [-0.39, 0.29) is 24.2 Å². The topological polar surface area (TPSA) is 50.8 Å². The molecule has 0 aliphatic carbocycles. The molecule has 1 atom stereocenters. The average molecular weight is 408 g/mol. The molecule has 1 saturated heterocycles. The first-order valence-corrected chi connectivity index (χ1v) is 9.26. The molecule has 0 radical (unpaired) electrons. The van der Waals surface area contributed by atoms with E-state index in [1.165, 1.54) is 12.1 Å². The molecule has 1 fully saturated rings. The quantitative estimate of drug-likeness (QED) is 0.765. The number of alkyl halides is 3. The minimum absolute atomic E-state index is 0.0870. The summed E-state index contributed by atoms with van der Waals surface area (Å²) in [4.78, 5) is 14.5. The number of hydrogen-bond acceptors (Lipinski definition) is 4. The molecule has 1 heterocycles. The van der Waals surface area contributed by atoms with E-state index < -0.39 is 11.7 Å². The van der Waals surface area contributed by atoms with Crippen molar-refractivity contribution in [3.05, 3.63) is 53.6 Å². The fraction of sp³-hybridized carbons (Fsp3) is 0.381. The van der Waals surface area contributed by atoms with E-state index in [4.69, 9.17) is 9.47 Å². The molecule has 0 spiro atoms. The van der Waals surface area contributed by atoms with Crippen LogP contribution in [0.25, 0.3) is 0 Å². The van der Waals surface area contributed by atoms with Crippen molar-refractivity contribution in [1.29, 1.82) is 0 Å². The largest absolute Gasteiger partial charge is 0.497 e. The molecule has 0 aromatic heterocycles. The molecule has 8 heteroatoms. The second-order valence-corrected chi connectivity index (χ2v) is 6.79. The van der Waals surface area contributed by atoms with Crippen LogP contribution < -0.4 is 14.8 Å². The molecule has 1 amide bonds. The highest BCUT2D eigenvalue weighted by Crippen LogP contribution is 2.38. The highest BCUT2D eigenvalue weighted by molar-refractivity contribution is 5.81. The molecule has 1 aliphatic heterocycles. The van der Waals surface area contributed by atoms with Crippen LogP contribution in [-0.4, -0.2) is 38.1 Å². The molecule has 156 valence electrons. The summed E-state index contributed by atoms with van der Waals surface area (Å²) in [6.45, 7) is 0.499. The molecule has 1 aliphatic rings. The smallest absolute Gasteiger partial charge is 0.416 e. The SMILES string of the molecule is COc1ccc(C2CCCN2C(=O)CNc2cccc(C(F)(F)F)c2)c(OC)c1. The Morgan fingerprint density at radius 3 is 2.66 bits per heavy atom. The highest BCUT2D eigenvalue weighted by atomic mass is 19.4.